The number of anilines is 1. The number of amides is 2. The van der Waals surface area contributed by atoms with Crippen molar-refractivity contribution in [1.29, 1.82) is 0 Å². The largest absolute Gasteiger partial charge is 0.451 e. The highest BCUT2D eigenvalue weighted by molar-refractivity contribution is 6.04. The summed E-state index contributed by atoms with van der Waals surface area (Å²) in [6.07, 6.45) is 2.60. The van der Waals surface area contributed by atoms with Crippen LogP contribution in [0.4, 0.5) is 5.69 Å². The molecule has 3 aromatic rings. The van der Waals surface area contributed by atoms with Gasteiger partial charge in [0.1, 0.15) is 5.58 Å². The number of benzene rings is 2. The molecule has 0 saturated carbocycles. The third-order valence-electron chi connectivity index (χ3n) is 4.93. The quantitative estimate of drug-likeness (QED) is 0.577. The number of rotatable bonds is 6. The van der Waals surface area contributed by atoms with Crippen molar-refractivity contribution in [2.24, 2.45) is 0 Å². The molecule has 3 N–H and O–H groups in total. The number of fused-ring (bicyclic) bond motifs is 1. The van der Waals surface area contributed by atoms with Gasteiger partial charge in [-0.15, -0.1) is 12.4 Å². The number of hydrogen-bond acceptors (Lipinski definition) is 4. The first-order valence-electron chi connectivity index (χ1n) is 9.56. The Hall–Kier alpha value is -2.83. The van der Waals surface area contributed by atoms with Gasteiger partial charge < -0.3 is 20.4 Å². The van der Waals surface area contributed by atoms with Gasteiger partial charge in [0.15, 0.2) is 5.76 Å². The first-order valence-corrected chi connectivity index (χ1v) is 9.56. The SMILES string of the molecule is Cl.O=C(Cc1ccc(NC(=O)c2cc3ccccc3o2)cc1)NCC1CCCN1. The number of furan rings is 1. The molecular weight excluding hydrogens is 390 g/mol. The van der Waals surface area contributed by atoms with Gasteiger partial charge in [-0.3, -0.25) is 9.59 Å². The molecule has 29 heavy (non-hydrogen) atoms. The predicted molar refractivity (Wildman–Crippen MR) is 116 cm³/mol. The third kappa shape index (κ3) is 5.37. The molecule has 1 atom stereocenters. The van der Waals surface area contributed by atoms with E-state index >= 15 is 0 Å². The van der Waals surface area contributed by atoms with Gasteiger partial charge in [0, 0.05) is 23.7 Å². The summed E-state index contributed by atoms with van der Waals surface area (Å²) in [4.78, 5) is 24.5. The molecule has 2 amide bonds. The Labute approximate surface area is 175 Å². The summed E-state index contributed by atoms with van der Waals surface area (Å²) in [6, 6.07) is 16.9. The smallest absolute Gasteiger partial charge is 0.291 e. The number of para-hydroxylation sites is 1. The number of nitrogens with one attached hydrogen (secondary N) is 3. The van der Waals surface area contributed by atoms with Crippen LogP contribution in [-0.2, 0) is 11.2 Å². The zero-order valence-corrected chi connectivity index (χ0v) is 16.8. The van der Waals surface area contributed by atoms with Crippen LogP contribution in [0.2, 0.25) is 0 Å². The summed E-state index contributed by atoms with van der Waals surface area (Å²) in [7, 11) is 0. The Morgan fingerprint density at radius 1 is 1.10 bits per heavy atom. The molecule has 7 heteroatoms. The molecule has 0 aliphatic carbocycles. The number of carbonyl (C=O) groups excluding carboxylic acids is 2. The van der Waals surface area contributed by atoms with E-state index in [1.807, 2.05) is 36.4 Å². The second-order valence-electron chi connectivity index (χ2n) is 7.07. The van der Waals surface area contributed by atoms with E-state index in [1.165, 1.54) is 6.42 Å². The molecule has 0 spiro atoms. The van der Waals surface area contributed by atoms with Crippen LogP contribution in [0.25, 0.3) is 11.0 Å². The van der Waals surface area contributed by atoms with Gasteiger partial charge in [0.2, 0.25) is 5.91 Å². The van der Waals surface area contributed by atoms with Crippen LogP contribution in [0.15, 0.2) is 59.0 Å². The zero-order chi connectivity index (χ0) is 19.3. The Balaban J connectivity index is 0.00000240. The van der Waals surface area contributed by atoms with E-state index in [0.717, 1.165) is 23.9 Å². The second-order valence-corrected chi connectivity index (χ2v) is 7.07. The Kier molecular flexibility index (Phi) is 6.90. The van der Waals surface area contributed by atoms with Crippen LogP contribution in [0, 0.1) is 0 Å². The van der Waals surface area contributed by atoms with Crippen molar-refractivity contribution >= 4 is 40.9 Å². The van der Waals surface area contributed by atoms with Crippen LogP contribution in [0.3, 0.4) is 0 Å². The fourth-order valence-electron chi connectivity index (χ4n) is 3.41. The van der Waals surface area contributed by atoms with E-state index in [9.17, 15) is 9.59 Å². The molecule has 152 valence electrons. The highest BCUT2D eigenvalue weighted by Gasteiger charge is 2.15. The molecule has 1 fully saturated rings. The first-order chi connectivity index (χ1) is 13.7. The topological polar surface area (TPSA) is 83.4 Å². The molecule has 2 aromatic carbocycles. The molecule has 1 aliphatic heterocycles. The van der Waals surface area contributed by atoms with E-state index in [1.54, 1.807) is 18.2 Å². The fraction of sp³-hybridized carbons (Fsp3) is 0.273. The Morgan fingerprint density at radius 3 is 2.62 bits per heavy atom. The van der Waals surface area contributed by atoms with Gasteiger partial charge >= 0.3 is 0 Å². The van der Waals surface area contributed by atoms with E-state index in [4.69, 9.17) is 4.42 Å². The molecule has 0 bridgehead atoms. The van der Waals surface area contributed by atoms with Crippen LogP contribution in [-0.4, -0.2) is 30.9 Å². The van der Waals surface area contributed by atoms with Gasteiger partial charge in [-0.25, -0.2) is 0 Å². The second kappa shape index (κ2) is 9.58. The number of carbonyl (C=O) groups is 2. The first kappa shape index (κ1) is 20.9. The lowest BCUT2D eigenvalue weighted by Crippen LogP contribution is -2.37. The van der Waals surface area contributed by atoms with Crippen molar-refractivity contribution in [2.45, 2.75) is 25.3 Å². The maximum absolute atomic E-state index is 12.4. The molecule has 1 aliphatic rings. The van der Waals surface area contributed by atoms with E-state index < -0.39 is 0 Å². The van der Waals surface area contributed by atoms with Crippen LogP contribution in [0.1, 0.15) is 29.0 Å². The number of hydrogen-bond donors (Lipinski definition) is 3. The molecule has 6 nitrogen and oxygen atoms in total. The summed E-state index contributed by atoms with van der Waals surface area (Å²) >= 11 is 0. The van der Waals surface area contributed by atoms with Crippen LogP contribution >= 0.6 is 12.4 Å². The van der Waals surface area contributed by atoms with Gasteiger partial charge in [-0.1, -0.05) is 30.3 Å². The van der Waals surface area contributed by atoms with Crippen molar-refractivity contribution in [1.82, 2.24) is 10.6 Å². The van der Waals surface area contributed by atoms with Crippen molar-refractivity contribution in [2.75, 3.05) is 18.4 Å². The maximum Gasteiger partial charge on any atom is 0.291 e. The molecule has 1 saturated heterocycles. The maximum atomic E-state index is 12.4. The van der Waals surface area contributed by atoms with E-state index in [2.05, 4.69) is 16.0 Å². The summed E-state index contributed by atoms with van der Waals surface area (Å²) in [5, 5.41) is 10.0. The molecule has 2 heterocycles. The van der Waals surface area contributed by atoms with Gasteiger partial charge in [-0.2, -0.15) is 0 Å². The Morgan fingerprint density at radius 2 is 1.90 bits per heavy atom. The molecule has 1 unspecified atom stereocenters. The monoisotopic (exact) mass is 413 g/mol. The minimum absolute atomic E-state index is 0. The van der Waals surface area contributed by atoms with E-state index in [0.29, 0.717) is 30.3 Å². The van der Waals surface area contributed by atoms with Gasteiger partial charge in [0.25, 0.3) is 5.91 Å². The third-order valence-corrected chi connectivity index (χ3v) is 4.93. The average molecular weight is 414 g/mol. The van der Waals surface area contributed by atoms with Crippen LogP contribution in [0.5, 0.6) is 0 Å². The minimum Gasteiger partial charge on any atom is -0.451 e. The molecular formula is C22H24ClN3O3. The van der Waals surface area contributed by atoms with E-state index in [-0.39, 0.29) is 30.0 Å². The van der Waals surface area contributed by atoms with Gasteiger partial charge in [-0.05, 0) is 49.2 Å². The van der Waals surface area contributed by atoms with Crippen LogP contribution < -0.4 is 16.0 Å². The molecule has 0 radical (unpaired) electrons. The van der Waals surface area contributed by atoms with Gasteiger partial charge in [0.05, 0.1) is 6.42 Å². The molecule has 1 aromatic heterocycles. The standard InChI is InChI=1S/C22H23N3O3.ClH/c26-21(24-14-18-5-3-11-23-18)12-15-7-9-17(10-8-15)25-22(27)20-13-16-4-1-2-6-19(16)28-20;/h1-2,4,6-10,13,18,23H,3,5,11-12,14H2,(H,24,26)(H,25,27);1H. The van der Waals surface area contributed by atoms with Crippen molar-refractivity contribution in [3.05, 3.63) is 65.9 Å². The zero-order valence-electron chi connectivity index (χ0n) is 15.9. The number of halogens is 1. The predicted octanol–water partition coefficient (Wildman–Crippen LogP) is 3.52. The summed E-state index contributed by atoms with van der Waals surface area (Å²) in [5.74, 6) is -0.0244. The van der Waals surface area contributed by atoms with Crippen molar-refractivity contribution in [3.63, 3.8) is 0 Å². The summed E-state index contributed by atoms with van der Waals surface area (Å²) in [6.45, 7) is 1.70. The highest BCUT2D eigenvalue weighted by Crippen LogP contribution is 2.20. The summed E-state index contributed by atoms with van der Waals surface area (Å²) < 4.78 is 5.58. The lowest BCUT2D eigenvalue weighted by molar-refractivity contribution is -0.120. The average Bonchev–Trinajstić information content (AvgIpc) is 3.37. The minimum atomic E-state index is -0.300. The summed E-state index contributed by atoms with van der Waals surface area (Å²) in [5.41, 5.74) is 2.24. The Bertz CT molecular complexity index is 945. The van der Waals surface area contributed by atoms with Crippen molar-refractivity contribution < 1.29 is 14.0 Å². The lowest BCUT2D eigenvalue weighted by Gasteiger charge is -2.11. The molecule has 4 rings (SSSR count). The normalized spacial score (nSPS) is 15.7. The fourth-order valence-corrected chi connectivity index (χ4v) is 3.41. The highest BCUT2D eigenvalue weighted by atomic mass is 35.5. The van der Waals surface area contributed by atoms with Crippen molar-refractivity contribution in [3.8, 4) is 0 Å². The lowest BCUT2D eigenvalue weighted by atomic mass is 10.1.